The Hall–Kier alpha value is -1.43. The smallest absolute Gasteiger partial charge is 0.253 e. The van der Waals surface area contributed by atoms with E-state index in [4.69, 9.17) is 4.74 Å². The number of nitrogens with one attached hydrogen (secondary N) is 1. The number of carbonyl (C=O) groups excluding carboxylic acids is 1. The summed E-state index contributed by atoms with van der Waals surface area (Å²) in [6, 6.07) is 8.47. The number of carbonyl (C=O) groups is 1. The van der Waals surface area contributed by atoms with Crippen LogP contribution in [0.15, 0.2) is 24.3 Å². The highest BCUT2D eigenvalue weighted by molar-refractivity contribution is 5.94. The zero-order valence-corrected chi connectivity index (χ0v) is 14.5. The second-order valence-corrected chi connectivity index (χ2v) is 6.29. The molecular weight excluding hydrogens is 290 g/mol. The lowest BCUT2D eigenvalue weighted by molar-refractivity contribution is 0.0595. The highest BCUT2D eigenvalue weighted by atomic mass is 16.5. The Morgan fingerprint density at radius 1 is 1.17 bits per heavy atom. The third kappa shape index (κ3) is 5.30. The molecule has 0 radical (unpaired) electrons. The largest absolute Gasteiger partial charge is 0.383 e. The van der Waals surface area contributed by atoms with E-state index in [0.29, 0.717) is 12.6 Å². The van der Waals surface area contributed by atoms with Gasteiger partial charge in [-0.15, -0.1) is 0 Å². The Kier molecular flexibility index (Phi) is 7.02. The van der Waals surface area contributed by atoms with Crippen LogP contribution in [0.1, 0.15) is 29.8 Å². The summed E-state index contributed by atoms with van der Waals surface area (Å²) in [7, 11) is 1.70. The summed E-state index contributed by atoms with van der Waals surface area (Å²) in [6.45, 7) is 10.3. The Bertz CT molecular complexity index is 480. The molecule has 1 amide bonds. The molecule has 1 aromatic rings. The number of benzene rings is 1. The molecule has 128 valence electrons. The minimum atomic E-state index is 0.146. The molecule has 1 heterocycles. The van der Waals surface area contributed by atoms with Gasteiger partial charge in [-0.05, 0) is 31.5 Å². The van der Waals surface area contributed by atoms with E-state index in [9.17, 15) is 4.79 Å². The van der Waals surface area contributed by atoms with Crippen LogP contribution in [0.2, 0.25) is 0 Å². The number of nitrogens with zero attached hydrogens (tertiary/aromatic N) is 2. The fourth-order valence-electron chi connectivity index (χ4n) is 2.80. The summed E-state index contributed by atoms with van der Waals surface area (Å²) in [5.74, 6) is 0.146. The number of hydrogen-bond acceptors (Lipinski definition) is 4. The first-order valence-electron chi connectivity index (χ1n) is 8.43. The summed E-state index contributed by atoms with van der Waals surface area (Å²) in [6.07, 6.45) is 0. The molecule has 1 N–H and O–H groups in total. The fraction of sp³-hybridized carbons (Fsp3) is 0.611. The molecule has 0 bridgehead atoms. The predicted octanol–water partition coefficient (Wildman–Crippen LogP) is 1.59. The number of hydrogen-bond donors (Lipinski definition) is 1. The van der Waals surface area contributed by atoms with Crippen molar-refractivity contribution in [2.24, 2.45) is 0 Å². The number of rotatable bonds is 7. The first-order chi connectivity index (χ1) is 11.1. The molecule has 0 atom stereocenters. The lowest BCUT2D eigenvalue weighted by atomic mass is 10.1. The molecule has 1 aliphatic rings. The van der Waals surface area contributed by atoms with Gasteiger partial charge in [0.05, 0.1) is 6.61 Å². The number of methoxy groups -OCH3 is 1. The molecule has 5 nitrogen and oxygen atoms in total. The molecule has 1 aromatic carbocycles. The van der Waals surface area contributed by atoms with Crippen molar-refractivity contribution in [1.29, 1.82) is 0 Å². The molecular formula is C18H29N3O2. The zero-order valence-electron chi connectivity index (χ0n) is 14.5. The second-order valence-electron chi connectivity index (χ2n) is 6.29. The molecule has 2 rings (SSSR count). The van der Waals surface area contributed by atoms with Crippen LogP contribution >= 0.6 is 0 Å². The molecule has 0 saturated carbocycles. The van der Waals surface area contributed by atoms with Crippen molar-refractivity contribution in [2.75, 3.05) is 46.4 Å². The summed E-state index contributed by atoms with van der Waals surface area (Å²) < 4.78 is 5.00. The normalized spacial score (nSPS) is 16.1. The average Bonchev–Trinajstić information content (AvgIpc) is 2.59. The van der Waals surface area contributed by atoms with E-state index in [1.54, 1.807) is 7.11 Å². The average molecular weight is 319 g/mol. The van der Waals surface area contributed by atoms with E-state index in [0.717, 1.165) is 44.8 Å². The maximum absolute atomic E-state index is 12.6. The van der Waals surface area contributed by atoms with E-state index < -0.39 is 0 Å². The van der Waals surface area contributed by atoms with Gasteiger partial charge in [-0.25, -0.2) is 0 Å². The minimum absolute atomic E-state index is 0.146. The van der Waals surface area contributed by atoms with E-state index in [2.05, 4.69) is 24.1 Å². The summed E-state index contributed by atoms with van der Waals surface area (Å²) in [4.78, 5) is 16.9. The van der Waals surface area contributed by atoms with Crippen LogP contribution in [-0.2, 0) is 11.3 Å². The van der Waals surface area contributed by atoms with Crippen LogP contribution in [0.4, 0.5) is 0 Å². The lowest BCUT2D eigenvalue weighted by Crippen LogP contribution is -2.50. The number of ether oxygens (including phenoxy) is 1. The summed E-state index contributed by atoms with van der Waals surface area (Å²) in [5, 5.41) is 3.30. The van der Waals surface area contributed by atoms with E-state index >= 15 is 0 Å². The monoisotopic (exact) mass is 319 g/mol. The Balaban J connectivity index is 1.83. The van der Waals surface area contributed by atoms with Gasteiger partial charge >= 0.3 is 0 Å². The van der Waals surface area contributed by atoms with Gasteiger partial charge in [0, 0.05) is 58.0 Å². The van der Waals surface area contributed by atoms with Crippen LogP contribution in [0.5, 0.6) is 0 Å². The van der Waals surface area contributed by atoms with Crippen molar-refractivity contribution >= 4 is 5.91 Å². The fourth-order valence-corrected chi connectivity index (χ4v) is 2.80. The van der Waals surface area contributed by atoms with Crippen molar-refractivity contribution < 1.29 is 9.53 Å². The number of piperazine rings is 1. The van der Waals surface area contributed by atoms with Crippen molar-refractivity contribution in [3.8, 4) is 0 Å². The minimum Gasteiger partial charge on any atom is -0.383 e. The first kappa shape index (κ1) is 17.9. The van der Waals surface area contributed by atoms with Crippen molar-refractivity contribution in [3.63, 3.8) is 0 Å². The van der Waals surface area contributed by atoms with Gasteiger partial charge in [0.15, 0.2) is 0 Å². The van der Waals surface area contributed by atoms with Gasteiger partial charge in [-0.1, -0.05) is 12.1 Å². The van der Waals surface area contributed by atoms with Crippen LogP contribution in [-0.4, -0.2) is 68.2 Å². The topological polar surface area (TPSA) is 44.8 Å². The quantitative estimate of drug-likeness (QED) is 0.775. The van der Waals surface area contributed by atoms with Gasteiger partial charge < -0.3 is 15.0 Å². The van der Waals surface area contributed by atoms with E-state index in [-0.39, 0.29) is 5.91 Å². The Morgan fingerprint density at radius 3 is 2.39 bits per heavy atom. The molecule has 23 heavy (non-hydrogen) atoms. The van der Waals surface area contributed by atoms with Crippen LogP contribution in [0.3, 0.4) is 0 Å². The lowest BCUT2D eigenvalue weighted by Gasteiger charge is -2.37. The molecule has 5 heteroatoms. The highest BCUT2D eigenvalue weighted by Crippen LogP contribution is 2.12. The molecule has 1 fully saturated rings. The van der Waals surface area contributed by atoms with Gasteiger partial charge in [0.2, 0.25) is 0 Å². The molecule has 0 spiro atoms. The Morgan fingerprint density at radius 2 is 1.83 bits per heavy atom. The first-order valence-corrected chi connectivity index (χ1v) is 8.43. The predicted molar refractivity (Wildman–Crippen MR) is 92.6 cm³/mol. The molecule has 1 saturated heterocycles. The van der Waals surface area contributed by atoms with E-state index in [1.165, 1.54) is 5.56 Å². The van der Waals surface area contributed by atoms with Crippen LogP contribution < -0.4 is 5.32 Å². The maximum atomic E-state index is 12.6. The van der Waals surface area contributed by atoms with Gasteiger partial charge in [-0.2, -0.15) is 0 Å². The van der Waals surface area contributed by atoms with Crippen molar-refractivity contribution in [2.45, 2.75) is 26.4 Å². The van der Waals surface area contributed by atoms with Gasteiger partial charge in [0.25, 0.3) is 5.91 Å². The zero-order chi connectivity index (χ0) is 16.7. The van der Waals surface area contributed by atoms with Gasteiger partial charge in [-0.3, -0.25) is 9.69 Å². The van der Waals surface area contributed by atoms with Crippen molar-refractivity contribution in [1.82, 2.24) is 15.1 Å². The van der Waals surface area contributed by atoms with Crippen molar-refractivity contribution in [3.05, 3.63) is 35.4 Å². The van der Waals surface area contributed by atoms with Crippen LogP contribution in [0.25, 0.3) is 0 Å². The second kappa shape index (κ2) is 9.01. The molecule has 0 unspecified atom stereocenters. The standard InChI is InChI=1S/C18H29N3O2/c1-15(2)20-9-11-21(12-10-20)18(22)17-6-4-16(5-7-17)14-19-8-13-23-3/h4-7,15,19H,8-14H2,1-3H3. The maximum Gasteiger partial charge on any atom is 0.253 e. The highest BCUT2D eigenvalue weighted by Gasteiger charge is 2.23. The molecule has 0 aromatic heterocycles. The molecule has 0 aliphatic carbocycles. The van der Waals surface area contributed by atoms with E-state index in [1.807, 2.05) is 29.2 Å². The summed E-state index contributed by atoms with van der Waals surface area (Å²) in [5.41, 5.74) is 1.96. The SMILES string of the molecule is COCCNCc1ccc(C(=O)N2CCN(C(C)C)CC2)cc1. The number of amides is 1. The van der Waals surface area contributed by atoms with Gasteiger partial charge in [0.1, 0.15) is 0 Å². The third-order valence-electron chi connectivity index (χ3n) is 4.34. The molecule has 1 aliphatic heterocycles. The Labute approximate surface area is 139 Å². The third-order valence-corrected chi connectivity index (χ3v) is 4.34. The van der Waals surface area contributed by atoms with Crippen LogP contribution in [0, 0.1) is 0 Å². The summed E-state index contributed by atoms with van der Waals surface area (Å²) >= 11 is 0.